The Morgan fingerprint density at radius 2 is 1.84 bits per heavy atom. The van der Waals surface area contributed by atoms with E-state index in [1.807, 2.05) is 43.3 Å². The molecule has 2 aliphatic rings. The van der Waals surface area contributed by atoms with Gasteiger partial charge in [-0.25, -0.2) is 13.1 Å². The van der Waals surface area contributed by atoms with Crippen molar-refractivity contribution in [3.8, 4) is 22.8 Å². The van der Waals surface area contributed by atoms with Gasteiger partial charge in [-0.3, -0.25) is 9.78 Å². The number of Topliss-reactive ketones (excluding diaryl/α,β-unsaturated/α-hetero) is 1. The van der Waals surface area contributed by atoms with E-state index in [0.717, 1.165) is 30.4 Å². The number of fused-ring (bicyclic) bond motifs is 1. The van der Waals surface area contributed by atoms with Crippen molar-refractivity contribution in [1.29, 1.82) is 0 Å². The maximum Gasteiger partial charge on any atom is 0.240 e. The molecule has 0 spiro atoms. The van der Waals surface area contributed by atoms with Crippen LogP contribution in [0.15, 0.2) is 65.6 Å². The first-order valence-electron chi connectivity index (χ1n) is 12.5. The molecule has 0 unspecified atom stereocenters. The van der Waals surface area contributed by atoms with Crippen LogP contribution in [0.25, 0.3) is 11.3 Å². The number of aliphatic hydroxyl groups is 1. The third kappa shape index (κ3) is 5.25. The number of sulfonamides is 1. The van der Waals surface area contributed by atoms with Crippen molar-refractivity contribution < 1.29 is 27.8 Å². The SMILES string of the molecule is CCC[C@H](CO)NS(=O)(=O)c1ccc(-c2cccc(CC(=O)C3(c4ccc5c(c4)OCO5)CC3)n2)cc1. The minimum absolute atomic E-state index is 0.119. The van der Waals surface area contributed by atoms with Gasteiger partial charge in [0, 0.05) is 23.7 Å². The summed E-state index contributed by atoms with van der Waals surface area (Å²) in [6.07, 6.45) is 3.11. The number of carbonyl (C=O) groups excluding carboxylic acids is 1. The van der Waals surface area contributed by atoms with E-state index in [2.05, 4.69) is 9.71 Å². The van der Waals surface area contributed by atoms with Gasteiger partial charge in [0.05, 0.1) is 22.6 Å². The van der Waals surface area contributed by atoms with E-state index in [-0.39, 0.29) is 30.5 Å². The summed E-state index contributed by atoms with van der Waals surface area (Å²) in [5.41, 5.74) is 2.52. The van der Waals surface area contributed by atoms with E-state index in [1.54, 1.807) is 12.1 Å². The lowest BCUT2D eigenvalue weighted by Gasteiger charge is -2.16. The summed E-state index contributed by atoms with van der Waals surface area (Å²) in [7, 11) is -3.75. The van der Waals surface area contributed by atoms with Crippen LogP contribution in [-0.4, -0.2) is 43.7 Å². The van der Waals surface area contributed by atoms with E-state index in [9.17, 15) is 18.3 Å². The van der Waals surface area contributed by atoms with Gasteiger partial charge < -0.3 is 14.6 Å². The zero-order valence-corrected chi connectivity index (χ0v) is 21.5. The molecule has 5 rings (SSSR count). The Morgan fingerprint density at radius 3 is 2.54 bits per heavy atom. The number of aliphatic hydroxyl groups excluding tert-OH is 1. The minimum Gasteiger partial charge on any atom is -0.454 e. The van der Waals surface area contributed by atoms with Crippen LogP contribution < -0.4 is 14.2 Å². The van der Waals surface area contributed by atoms with E-state index in [0.29, 0.717) is 29.3 Å². The third-order valence-corrected chi connectivity index (χ3v) is 8.53. The average Bonchev–Trinajstić information content (AvgIpc) is 3.59. The van der Waals surface area contributed by atoms with Crippen molar-refractivity contribution in [2.75, 3.05) is 13.4 Å². The minimum atomic E-state index is -3.75. The van der Waals surface area contributed by atoms with Crippen LogP contribution in [0.4, 0.5) is 0 Å². The highest BCUT2D eigenvalue weighted by Crippen LogP contribution is 2.51. The van der Waals surface area contributed by atoms with Crippen molar-refractivity contribution in [1.82, 2.24) is 9.71 Å². The summed E-state index contributed by atoms with van der Waals surface area (Å²) >= 11 is 0. The number of benzene rings is 2. The first kappa shape index (κ1) is 25.4. The van der Waals surface area contributed by atoms with Gasteiger partial charge in [-0.1, -0.05) is 37.6 Å². The molecule has 1 atom stereocenters. The van der Waals surface area contributed by atoms with Crippen molar-refractivity contribution in [3.05, 3.63) is 71.9 Å². The van der Waals surface area contributed by atoms with Gasteiger partial charge in [-0.05, 0) is 61.2 Å². The molecule has 37 heavy (non-hydrogen) atoms. The van der Waals surface area contributed by atoms with Gasteiger partial charge in [-0.15, -0.1) is 0 Å². The third-order valence-electron chi connectivity index (χ3n) is 7.00. The molecule has 1 fully saturated rings. The average molecular weight is 523 g/mol. The quantitative estimate of drug-likeness (QED) is 0.394. The van der Waals surface area contributed by atoms with E-state index in [1.165, 1.54) is 12.1 Å². The lowest BCUT2D eigenvalue weighted by molar-refractivity contribution is -0.120. The van der Waals surface area contributed by atoms with Gasteiger partial charge in [0.2, 0.25) is 16.8 Å². The molecule has 194 valence electrons. The van der Waals surface area contributed by atoms with Crippen LogP contribution in [0.2, 0.25) is 0 Å². The summed E-state index contributed by atoms with van der Waals surface area (Å²) in [5, 5.41) is 9.43. The molecule has 0 saturated heterocycles. The first-order valence-corrected chi connectivity index (χ1v) is 14.0. The van der Waals surface area contributed by atoms with E-state index in [4.69, 9.17) is 9.47 Å². The lowest BCUT2D eigenvalue weighted by atomic mass is 9.88. The zero-order valence-electron chi connectivity index (χ0n) is 20.6. The Morgan fingerprint density at radius 1 is 1.08 bits per heavy atom. The summed E-state index contributed by atoms with van der Waals surface area (Å²) in [6.45, 7) is 1.88. The van der Waals surface area contributed by atoms with Crippen molar-refractivity contribution in [3.63, 3.8) is 0 Å². The van der Waals surface area contributed by atoms with Crippen LogP contribution in [0.1, 0.15) is 43.9 Å². The maximum atomic E-state index is 13.4. The molecule has 9 heteroatoms. The number of hydrogen-bond acceptors (Lipinski definition) is 7. The van der Waals surface area contributed by atoms with Crippen molar-refractivity contribution in [2.24, 2.45) is 0 Å². The number of hydrogen-bond donors (Lipinski definition) is 2. The maximum absolute atomic E-state index is 13.4. The first-order chi connectivity index (χ1) is 17.8. The number of pyridine rings is 1. The van der Waals surface area contributed by atoms with E-state index < -0.39 is 21.5 Å². The normalized spacial score (nSPS) is 16.4. The fourth-order valence-corrected chi connectivity index (χ4v) is 6.01. The topological polar surface area (TPSA) is 115 Å². The van der Waals surface area contributed by atoms with Gasteiger partial charge in [-0.2, -0.15) is 0 Å². The fraction of sp³-hybridized carbons (Fsp3) is 0.357. The standard InChI is InChI=1S/C28H30N2O6S/c1-2-4-22(17-31)30-37(33,34)23-10-7-19(8-11-23)24-6-3-5-21(29-24)16-27(32)28(13-14-28)20-9-12-25-26(15-20)36-18-35-25/h3,5-12,15,22,30-31H,2,4,13-14,16-18H2,1H3/t22-/m1/s1. The van der Waals surface area contributed by atoms with Gasteiger partial charge >= 0.3 is 0 Å². The molecule has 1 aliphatic carbocycles. The van der Waals surface area contributed by atoms with Gasteiger partial charge in [0.25, 0.3) is 0 Å². The molecule has 1 aromatic heterocycles. The second kappa shape index (κ2) is 10.2. The summed E-state index contributed by atoms with van der Waals surface area (Å²) in [6, 6.07) is 17.2. The smallest absolute Gasteiger partial charge is 0.240 e. The highest BCUT2D eigenvalue weighted by Gasteiger charge is 2.51. The Bertz CT molecular complexity index is 1400. The molecular formula is C28H30N2O6S. The fourth-order valence-electron chi connectivity index (χ4n) is 4.75. The Hall–Kier alpha value is -3.27. The Balaban J connectivity index is 1.30. The van der Waals surface area contributed by atoms with Crippen LogP contribution in [-0.2, 0) is 26.7 Å². The molecule has 0 radical (unpaired) electrons. The van der Waals surface area contributed by atoms with Gasteiger partial charge in [0.1, 0.15) is 5.78 Å². The monoisotopic (exact) mass is 522 g/mol. The van der Waals surface area contributed by atoms with Crippen molar-refractivity contribution in [2.45, 2.75) is 55.4 Å². The molecular weight excluding hydrogens is 492 g/mol. The number of ether oxygens (including phenoxy) is 2. The number of rotatable bonds is 11. The predicted molar refractivity (Wildman–Crippen MR) is 138 cm³/mol. The second-order valence-electron chi connectivity index (χ2n) is 9.58. The number of carbonyl (C=O) groups is 1. The number of nitrogens with zero attached hydrogens (tertiary/aromatic N) is 1. The molecule has 8 nitrogen and oxygen atoms in total. The number of nitrogens with one attached hydrogen (secondary N) is 1. The van der Waals surface area contributed by atoms with Crippen LogP contribution >= 0.6 is 0 Å². The highest BCUT2D eigenvalue weighted by atomic mass is 32.2. The molecule has 2 N–H and O–H groups in total. The predicted octanol–water partition coefficient (Wildman–Crippen LogP) is 3.76. The molecule has 1 aliphatic heterocycles. The van der Waals surface area contributed by atoms with Crippen LogP contribution in [0.3, 0.4) is 0 Å². The highest BCUT2D eigenvalue weighted by molar-refractivity contribution is 7.89. The second-order valence-corrected chi connectivity index (χ2v) is 11.3. The Kier molecular flexibility index (Phi) is 7.02. The van der Waals surface area contributed by atoms with E-state index >= 15 is 0 Å². The summed E-state index contributed by atoms with van der Waals surface area (Å²) in [5.74, 6) is 1.49. The molecule has 3 aromatic rings. The largest absolute Gasteiger partial charge is 0.454 e. The van der Waals surface area contributed by atoms with Crippen molar-refractivity contribution >= 4 is 15.8 Å². The molecule has 2 aromatic carbocycles. The van der Waals surface area contributed by atoms with Gasteiger partial charge in [0.15, 0.2) is 11.5 Å². The molecule has 2 heterocycles. The molecule has 0 amide bonds. The van der Waals surface area contributed by atoms with Crippen LogP contribution in [0.5, 0.6) is 11.5 Å². The number of aromatic nitrogens is 1. The summed E-state index contributed by atoms with van der Waals surface area (Å²) < 4.78 is 38.8. The Labute approximate surface area is 216 Å². The molecule has 0 bridgehead atoms. The lowest BCUT2D eigenvalue weighted by Crippen LogP contribution is -2.37. The summed E-state index contributed by atoms with van der Waals surface area (Å²) in [4.78, 5) is 18.2. The molecule has 1 saturated carbocycles. The number of ketones is 1. The van der Waals surface area contributed by atoms with Crippen LogP contribution in [0, 0.1) is 0 Å². The zero-order chi connectivity index (χ0) is 26.0.